The molecule has 2 nitrogen and oxygen atoms in total. The second kappa shape index (κ2) is 5.74. The highest BCUT2D eigenvalue weighted by Crippen LogP contribution is 2.37. The third-order valence-electron chi connectivity index (χ3n) is 6.10. The van der Waals surface area contributed by atoms with Gasteiger partial charge < -0.3 is 8.83 Å². The maximum Gasteiger partial charge on any atom is 0.135 e. The molecule has 0 radical (unpaired) electrons. The van der Waals surface area contributed by atoms with Gasteiger partial charge in [0.25, 0.3) is 0 Å². The predicted molar refractivity (Wildman–Crippen MR) is 124 cm³/mol. The van der Waals surface area contributed by atoms with E-state index < -0.39 is 0 Å². The SMILES string of the molecule is c1ccc(-c2cc3cc4ccc5c6cc7occc7cc6ccc5c4cc3o2)cc1. The summed E-state index contributed by atoms with van der Waals surface area (Å²) in [5, 5.41) is 9.57. The molecule has 0 saturated heterocycles. The van der Waals surface area contributed by atoms with Crippen molar-refractivity contribution in [1.29, 1.82) is 0 Å². The predicted octanol–water partition coefficient (Wildman–Crippen LogP) is 8.31. The number of fused-ring (bicyclic) bond motifs is 7. The Morgan fingerprint density at radius 2 is 1.17 bits per heavy atom. The van der Waals surface area contributed by atoms with Crippen LogP contribution in [0.25, 0.3) is 65.6 Å². The van der Waals surface area contributed by atoms with E-state index in [0.29, 0.717) is 0 Å². The van der Waals surface area contributed by atoms with Crippen LogP contribution in [-0.2, 0) is 0 Å². The quantitative estimate of drug-likeness (QED) is 0.266. The molecular weight excluding hydrogens is 368 g/mol. The molecule has 0 bridgehead atoms. The Bertz CT molecular complexity index is 1730. The summed E-state index contributed by atoms with van der Waals surface area (Å²) in [6.45, 7) is 0. The van der Waals surface area contributed by atoms with E-state index in [-0.39, 0.29) is 0 Å². The highest BCUT2D eigenvalue weighted by molar-refractivity contribution is 6.20. The lowest BCUT2D eigenvalue weighted by Crippen LogP contribution is -1.81. The zero-order valence-corrected chi connectivity index (χ0v) is 16.1. The molecule has 0 N–H and O–H groups in total. The molecule has 7 aromatic rings. The van der Waals surface area contributed by atoms with E-state index in [1.54, 1.807) is 6.26 Å². The van der Waals surface area contributed by atoms with Gasteiger partial charge in [0.2, 0.25) is 0 Å². The first kappa shape index (κ1) is 15.8. The summed E-state index contributed by atoms with van der Waals surface area (Å²) < 4.78 is 11.9. The molecule has 30 heavy (non-hydrogen) atoms. The van der Waals surface area contributed by atoms with Crippen molar-refractivity contribution in [3.05, 3.63) is 97.3 Å². The number of benzene rings is 5. The minimum Gasteiger partial charge on any atom is -0.464 e. The van der Waals surface area contributed by atoms with Gasteiger partial charge in [0.1, 0.15) is 16.9 Å². The lowest BCUT2D eigenvalue weighted by molar-refractivity contribution is 0.616. The van der Waals surface area contributed by atoms with Crippen LogP contribution in [0.1, 0.15) is 0 Å². The number of rotatable bonds is 1. The van der Waals surface area contributed by atoms with Crippen LogP contribution in [0.5, 0.6) is 0 Å². The zero-order valence-electron chi connectivity index (χ0n) is 16.1. The molecule has 140 valence electrons. The Morgan fingerprint density at radius 1 is 0.467 bits per heavy atom. The molecule has 0 saturated carbocycles. The maximum atomic E-state index is 6.23. The Labute approximate surface area is 171 Å². The van der Waals surface area contributed by atoms with Crippen molar-refractivity contribution in [2.24, 2.45) is 0 Å². The van der Waals surface area contributed by atoms with E-state index in [4.69, 9.17) is 8.83 Å². The minimum atomic E-state index is 0.899. The van der Waals surface area contributed by atoms with Gasteiger partial charge >= 0.3 is 0 Å². The summed E-state index contributed by atoms with van der Waals surface area (Å²) in [6, 6.07) is 32.0. The van der Waals surface area contributed by atoms with E-state index >= 15 is 0 Å². The fourth-order valence-corrected chi connectivity index (χ4v) is 4.61. The smallest absolute Gasteiger partial charge is 0.135 e. The van der Waals surface area contributed by atoms with Crippen LogP contribution >= 0.6 is 0 Å². The molecule has 2 heteroatoms. The van der Waals surface area contributed by atoms with Crippen LogP contribution in [-0.4, -0.2) is 0 Å². The molecule has 0 unspecified atom stereocenters. The molecule has 0 amide bonds. The third-order valence-corrected chi connectivity index (χ3v) is 6.10. The van der Waals surface area contributed by atoms with Gasteiger partial charge in [-0.2, -0.15) is 0 Å². The van der Waals surface area contributed by atoms with Crippen LogP contribution in [0.3, 0.4) is 0 Å². The van der Waals surface area contributed by atoms with Gasteiger partial charge in [-0.25, -0.2) is 0 Å². The van der Waals surface area contributed by atoms with E-state index in [0.717, 1.165) is 33.3 Å². The monoisotopic (exact) mass is 384 g/mol. The molecule has 2 heterocycles. The van der Waals surface area contributed by atoms with Crippen molar-refractivity contribution in [3.8, 4) is 11.3 Å². The minimum absolute atomic E-state index is 0.899. The molecule has 0 aliphatic rings. The molecule has 0 spiro atoms. The topological polar surface area (TPSA) is 26.3 Å². The van der Waals surface area contributed by atoms with Gasteiger partial charge in [-0.1, -0.05) is 54.6 Å². The van der Waals surface area contributed by atoms with Gasteiger partial charge in [-0.15, -0.1) is 0 Å². The molecule has 0 aliphatic carbocycles. The first-order chi connectivity index (χ1) is 14.8. The second-order valence-corrected chi connectivity index (χ2v) is 7.85. The van der Waals surface area contributed by atoms with Gasteiger partial charge in [-0.05, 0) is 68.7 Å². The first-order valence-electron chi connectivity index (χ1n) is 10.1. The summed E-state index contributed by atoms with van der Waals surface area (Å²) in [5.41, 5.74) is 2.93. The van der Waals surface area contributed by atoms with E-state index in [1.165, 1.54) is 32.3 Å². The summed E-state index contributed by atoms with van der Waals surface area (Å²) in [4.78, 5) is 0. The van der Waals surface area contributed by atoms with Gasteiger partial charge in [0.05, 0.1) is 6.26 Å². The molecule has 7 rings (SSSR count). The zero-order chi connectivity index (χ0) is 19.7. The fourth-order valence-electron chi connectivity index (χ4n) is 4.61. The number of furan rings is 2. The van der Waals surface area contributed by atoms with Gasteiger partial charge in [-0.3, -0.25) is 0 Å². The molecular formula is C28H16O2. The highest BCUT2D eigenvalue weighted by Gasteiger charge is 2.11. The average Bonchev–Trinajstić information content (AvgIpc) is 3.42. The average molecular weight is 384 g/mol. The molecule has 0 aliphatic heterocycles. The number of hydrogen-bond donors (Lipinski definition) is 0. The van der Waals surface area contributed by atoms with Crippen molar-refractivity contribution >= 4 is 54.3 Å². The maximum absolute atomic E-state index is 6.23. The summed E-state index contributed by atoms with van der Waals surface area (Å²) >= 11 is 0. The number of hydrogen-bond acceptors (Lipinski definition) is 2. The van der Waals surface area contributed by atoms with Crippen LogP contribution < -0.4 is 0 Å². The van der Waals surface area contributed by atoms with Gasteiger partial charge in [0.15, 0.2) is 0 Å². The lowest BCUT2D eigenvalue weighted by atomic mass is 9.96. The molecule has 0 atom stereocenters. The van der Waals surface area contributed by atoms with Crippen molar-refractivity contribution < 1.29 is 8.83 Å². The van der Waals surface area contributed by atoms with Crippen LogP contribution in [0, 0.1) is 0 Å². The standard InChI is InChI=1S/C28H16O2/c1-2-4-17(5-3-1)27-14-21-13-19-7-9-22-23(25(19)16-28(21)30-27)8-6-18-12-20-10-11-29-26(20)15-24(18)22/h1-16H. The van der Waals surface area contributed by atoms with Crippen molar-refractivity contribution in [3.63, 3.8) is 0 Å². The Hall–Kier alpha value is -4.04. The second-order valence-electron chi connectivity index (χ2n) is 7.85. The van der Waals surface area contributed by atoms with Crippen LogP contribution in [0.15, 0.2) is 106 Å². The Balaban J connectivity index is 1.53. The van der Waals surface area contributed by atoms with Crippen molar-refractivity contribution in [1.82, 2.24) is 0 Å². The Morgan fingerprint density at radius 3 is 1.93 bits per heavy atom. The van der Waals surface area contributed by atoms with E-state index in [2.05, 4.69) is 66.7 Å². The normalized spacial score (nSPS) is 12.0. The van der Waals surface area contributed by atoms with E-state index in [1.807, 2.05) is 24.3 Å². The lowest BCUT2D eigenvalue weighted by Gasteiger charge is -2.08. The molecule has 5 aromatic carbocycles. The molecule has 2 aromatic heterocycles. The van der Waals surface area contributed by atoms with Gasteiger partial charge in [0, 0.05) is 16.3 Å². The van der Waals surface area contributed by atoms with Crippen LogP contribution in [0.2, 0.25) is 0 Å². The molecule has 0 fully saturated rings. The van der Waals surface area contributed by atoms with Crippen molar-refractivity contribution in [2.45, 2.75) is 0 Å². The largest absolute Gasteiger partial charge is 0.464 e. The van der Waals surface area contributed by atoms with E-state index in [9.17, 15) is 0 Å². The summed E-state index contributed by atoms with van der Waals surface area (Å²) in [7, 11) is 0. The van der Waals surface area contributed by atoms with Crippen molar-refractivity contribution in [2.75, 3.05) is 0 Å². The Kier molecular flexibility index (Phi) is 3.03. The fraction of sp³-hybridized carbons (Fsp3) is 0. The first-order valence-corrected chi connectivity index (χ1v) is 10.1. The highest BCUT2D eigenvalue weighted by atomic mass is 16.3. The summed E-state index contributed by atoms with van der Waals surface area (Å²) in [5.74, 6) is 0.899. The van der Waals surface area contributed by atoms with Crippen LogP contribution in [0.4, 0.5) is 0 Å². The third kappa shape index (κ3) is 2.19. The summed E-state index contributed by atoms with van der Waals surface area (Å²) in [6.07, 6.45) is 1.75.